The summed E-state index contributed by atoms with van der Waals surface area (Å²) in [5.74, 6) is 7.15. The minimum Gasteiger partial charge on any atom is -0.497 e. The van der Waals surface area contributed by atoms with E-state index in [1.807, 2.05) is 13.0 Å². The van der Waals surface area contributed by atoms with Gasteiger partial charge in [0.25, 0.3) is 0 Å². The zero-order valence-electron chi connectivity index (χ0n) is 15.8. The van der Waals surface area contributed by atoms with Crippen molar-refractivity contribution in [3.05, 3.63) is 30.1 Å². The molecular formula is C17H24N6O4S. The Labute approximate surface area is 167 Å². The zero-order chi connectivity index (χ0) is 20.4. The molecular weight excluding hydrogens is 384 g/mol. The van der Waals surface area contributed by atoms with E-state index < -0.39 is 11.9 Å². The summed E-state index contributed by atoms with van der Waals surface area (Å²) in [7, 11) is 1.57. The van der Waals surface area contributed by atoms with E-state index in [9.17, 15) is 9.59 Å². The van der Waals surface area contributed by atoms with Crippen LogP contribution in [0.4, 0.5) is 4.79 Å². The molecule has 1 aromatic carbocycles. The predicted molar refractivity (Wildman–Crippen MR) is 105 cm³/mol. The number of amides is 3. The van der Waals surface area contributed by atoms with Crippen LogP contribution in [0.2, 0.25) is 0 Å². The third-order valence-corrected chi connectivity index (χ3v) is 4.49. The third-order valence-electron chi connectivity index (χ3n) is 3.55. The summed E-state index contributed by atoms with van der Waals surface area (Å²) in [6.07, 6.45) is 1.81. The van der Waals surface area contributed by atoms with Gasteiger partial charge in [-0.05, 0) is 18.6 Å². The van der Waals surface area contributed by atoms with Gasteiger partial charge in [-0.2, -0.15) is 0 Å². The fourth-order valence-corrected chi connectivity index (χ4v) is 2.73. The number of nitrogen functional groups attached to an aromatic ring is 1. The van der Waals surface area contributed by atoms with E-state index in [0.29, 0.717) is 29.0 Å². The number of nitrogens with zero attached hydrogens (tertiary/aromatic N) is 3. The van der Waals surface area contributed by atoms with Crippen molar-refractivity contribution < 1.29 is 19.1 Å². The number of hydrogen-bond acceptors (Lipinski definition) is 8. The number of rotatable bonds is 10. The molecule has 0 atom stereocenters. The lowest BCUT2D eigenvalue weighted by Gasteiger charge is -2.08. The number of hydrogen-bond donors (Lipinski definition) is 3. The van der Waals surface area contributed by atoms with Gasteiger partial charge in [0.1, 0.15) is 18.1 Å². The number of nitrogens with two attached hydrogens (primary N) is 1. The molecule has 1 aromatic heterocycles. The van der Waals surface area contributed by atoms with E-state index in [4.69, 9.17) is 15.3 Å². The Bertz CT molecular complexity index is 798. The lowest BCUT2D eigenvalue weighted by atomic mass is 10.3. The lowest BCUT2D eigenvalue weighted by molar-refractivity contribution is -0.117. The van der Waals surface area contributed by atoms with Gasteiger partial charge in [0.05, 0.1) is 12.9 Å². The Morgan fingerprint density at radius 3 is 2.82 bits per heavy atom. The Morgan fingerprint density at radius 1 is 1.29 bits per heavy atom. The monoisotopic (exact) mass is 408 g/mol. The van der Waals surface area contributed by atoms with E-state index in [1.165, 1.54) is 4.68 Å². The maximum Gasteiger partial charge on any atom is 0.321 e. The van der Waals surface area contributed by atoms with Crippen LogP contribution < -0.4 is 25.9 Å². The van der Waals surface area contributed by atoms with Gasteiger partial charge >= 0.3 is 6.03 Å². The fourth-order valence-electron chi connectivity index (χ4n) is 2.06. The van der Waals surface area contributed by atoms with Crippen LogP contribution in [0.1, 0.15) is 25.6 Å². The maximum atomic E-state index is 11.8. The summed E-state index contributed by atoms with van der Waals surface area (Å²) in [6.45, 7) is 2.64. The van der Waals surface area contributed by atoms with E-state index in [0.717, 1.165) is 24.6 Å². The summed E-state index contributed by atoms with van der Waals surface area (Å²) in [4.78, 5) is 23.4. The summed E-state index contributed by atoms with van der Waals surface area (Å²) in [5, 5.41) is 13.1. The second kappa shape index (κ2) is 11.0. The molecule has 152 valence electrons. The molecule has 2 aromatic rings. The standard InChI is InChI=1S/C17H24N6O4S/c1-3-4-8-19-16(25)20-15(24)11-28-17-22-21-14(23(17)18)10-27-13-7-5-6-12(9-13)26-2/h5-7,9H,3-4,8,10-11,18H2,1-2H3,(H2,19,20,24,25). The molecule has 3 amide bonds. The third kappa shape index (κ3) is 6.65. The van der Waals surface area contributed by atoms with Crippen LogP contribution in [0.3, 0.4) is 0 Å². The van der Waals surface area contributed by atoms with E-state index in [-0.39, 0.29) is 12.4 Å². The van der Waals surface area contributed by atoms with Crippen molar-refractivity contribution in [2.24, 2.45) is 0 Å². The van der Waals surface area contributed by atoms with Crippen LogP contribution in [-0.4, -0.2) is 46.2 Å². The zero-order valence-corrected chi connectivity index (χ0v) is 16.6. The number of benzene rings is 1. The Morgan fingerprint density at radius 2 is 2.07 bits per heavy atom. The minimum absolute atomic E-state index is 0.0206. The number of urea groups is 1. The first-order chi connectivity index (χ1) is 13.5. The topological polar surface area (TPSA) is 133 Å². The molecule has 10 nitrogen and oxygen atoms in total. The highest BCUT2D eigenvalue weighted by atomic mass is 32.2. The number of imide groups is 1. The number of nitrogens with one attached hydrogen (secondary N) is 2. The maximum absolute atomic E-state index is 11.8. The van der Waals surface area contributed by atoms with Crippen molar-refractivity contribution >= 4 is 23.7 Å². The van der Waals surface area contributed by atoms with Gasteiger partial charge in [0, 0.05) is 12.6 Å². The number of unbranched alkanes of at least 4 members (excludes halogenated alkanes) is 1. The molecule has 0 spiro atoms. The molecule has 2 rings (SSSR count). The molecule has 0 aliphatic heterocycles. The molecule has 0 aliphatic rings. The highest BCUT2D eigenvalue weighted by Gasteiger charge is 2.14. The molecule has 0 radical (unpaired) electrons. The van der Waals surface area contributed by atoms with Gasteiger partial charge in [0.15, 0.2) is 5.82 Å². The van der Waals surface area contributed by atoms with Crippen LogP contribution in [-0.2, 0) is 11.4 Å². The normalized spacial score (nSPS) is 10.4. The highest BCUT2D eigenvalue weighted by molar-refractivity contribution is 7.99. The largest absolute Gasteiger partial charge is 0.497 e. The Kier molecular flexibility index (Phi) is 8.40. The second-order valence-corrected chi connectivity index (χ2v) is 6.63. The van der Waals surface area contributed by atoms with Crippen molar-refractivity contribution in [3.8, 4) is 11.5 Å². The molecule has 0 aliphatic carbocycles. The number of ether oxygens (including phenoxy) is 2. The smallest absolute Gasteiger partial charge is 0.321 e. The SMILES string of the molecule is CCCCNC(=O)NC(=O)CSc1nnc(COc2cccc(OC)c2)n1N. The van der Waals surface area contributed by atoms with Gasteiger partial charge in [0.2, 0.25) is 11.1 Å². The predicted octanol–water partition coefficient (Wildman–Crippen LogP) is 1.30. The highest BCUT2D eigenvalue weighted by Crippen LogP contribution is 2.20. The van der Waals surface area contributed by atoms with Crippen LogP contribution in [0.5, 0.6) is 11.5 Å². The average Bonchev–Trinajstić information content (AvgIpc) is 3.04. The van der Waals surface area contributed by atoms with Gasteiger partial charge in [-0.3, -0.25) is 10.1 Å². The molecule has 0 saturated carbocycles. The first kappa shape index (κ1) is 21.4. The number of carbonyl (C=O) groups excluding carboxylic acids is 2. The number of carbonyl (C=O) groups is 2. The van der Waals surface area contributed by atoms with Crippen molar-refractivity contribution in [1.82, 2.24) is 25.5 Å². The first-order valence-corrected chi connectivity index (χ1v) is 9.68. The number of methoxy groups -OCH3 is 1. The average molecular weight is 408 g/mol. The van der Waals surface area contributed by atoms with Crippen molar-refractivity contribution in [2.45, 2.75) is 31.5 Å². The van der Waals surface area contributed by atoms with Crippen molar-refractivity contribution in [1.29, 1.82) is 0 Å². The molecule has 1 heterocycles. The molecule has 0 saturated heterocycles. The summed E-state index contributed by atoms with van der Waals surface area (Å²) in [6, 6.07) is 6.62. The van der Waals surface area contributed by atoms with Crippen LogP contribution in [0.25, 0.3) is 0 Å². The summed E-state index contributed by atoms with van der Waals surface area (Å²) >= 11 is 1.07. The lowest BCUT2D eigenvalue weighted by Crippen LogP contribution is -2.40. The Hall–Kier alpha value is -2.95. The van der Waals surface area contributed by atoms with E-state index >= 15 is 0 Å². The molecule has 28 heavy (non-hydrogen) atoms. The van der Waals surface area contributed by atoms with Crippen LogP contribution in [0.15, 0.2) is 29.4 Å². The van der Waals surface area contributed by atoms with Crippen molar-refractivity contribution in [3.63, 3.8) is 0 Å². The van der Waals surface area contributed by atoms with E-state index in [1.54, 1.807) is 25.3 Å². The van der Waals surface area contributed by atoms with Crippen LogP contribution >= 0.6 is 11.8 Å². The molecule has 11 heteroatoms. The van der Waals surface area contributed by atoms with Gasteiger partial charge in [-0.25, -0.2) is 9.47 Å². The second-order valence-electron chi connectivity index (χ2n) is 5.68. The number of thioether (sulfide) groups is 1. The quantitative estimate of drug-likeness (QED) is 0.304. The fraction of sp³-hybridized carbons (Fsp3) is 0.412. The summed E-state index contributed by atoms with van der Waals surface area (Å²) in [5.41, 5.74) is 0. The Balaban J connectivity index is 1.80. The van der Waals surface area contributed by atoms with Gasteiger partial charge in [-0.15, -0.1) is 10.2 Å². The van der Waals surface area contributed by atoms with Gasteiger partial charge in [-0.1, -0.05) is 31.2 Å². The minimum atomic E-state index is -0.513. The first-order valence-electron chi connectivity index (χ1n) is 8.70. The van der Waals surface area contributed by atoms with Crippen molar-refractivity contribution in [2.75, 3.05) is 25.3 Å². The molecule has 0 fully saturated rings. The van der Waals surface area contributed by atoms with Crippen LogP contribution in [0, 0.1) is 0 Å². The molecule has 0 bridgehead atoms. The number of aromatic nitrogens is 3. The summed E-state index contributed by atoms with van der Waals surface area (Å²) < 4.78 is 12.0. The van der Waals surface area contributed by atoms with Gasteiger partial charge < -0.3 is 20.6 Å². The molecule has 0 unspecified atom stereocenters. The van der Waals surface area contributed by atoms with E-state index in [2.05, 4.69) is 20.8 Å². The molecule has 4 N–H and O–H groups in total.